The van der Waals surface area contributed by atoms with Gasteiger partial charge < -0.3 is 25.1 Å². The third kappa shape index (κ3) is 4.34. The zero-order chi connectivity index (χ0) is 28.1. The molecule has 3 aromatic carbocycles. The summed E-state index contributed by atoms with van der Waals surface area (Å²) in [5.74, 6) is 0.286. The summed E-state index contributed by atoms with van der Waals surface area (Å²) in [6.45, 7) is 5.01. The van der Waals surface area contributed by atoms with Crippen molar-refractivity contribution in [1.29, 1.82) is 0 Å². The number of para-hydroxylation sites is 1. The smallest absolute Gasteiger partial charge is 0.274 e. The third-order valence-corrected chi connectivity index (χ3v) is 8.75. The number of amidine groups is 1. The molecule has 2 aliphatic rings. The molecule has 40 heavy (non-hydrogen) atoms. The van der Waals surface area contributed by atoms with E-state index in [0.717, 1.165) is 41.6 Å². The lowest BCUT2D eigenvalue weighted by atomic mass is 9.83. The molecule has 6 rings (SSSR count). The summed E-state index contributed by atoms with van der Waals surface area (Å²) in [6.07, 6.45) is 2.52. The quantitative estimate of drug-likeness (QED) is 0.132. The van der Waals surface area contributed by atoms with Crippen molar-refractivity contribution in [2.75, 3.05) is 18.6 Å². The lowest BCUT2D eigenvalue weighted by Gasteiger charge is -2.35. The molecular formula is C33H36N4O3. The predicted molar refractivity (Wildman–Crippen MR) is 158 cm³/mol. The normalized spacial score (nSPS) is 24.1. The fourth-order valence-electron chi connectivity index (χ4n) is 6.59. The van der Waals surface area contributed by atoms with Crippen LogP contribution in [-0.2, 0) is 10.3 Å². The number of benzene rings is 3. The highest BCUT2D eigenvalue weighted by atomic mass is 16.5. The first kappa shape index (κ1) is 26.1. The SMILES string of the molecule is CN(C(=O)c1cc2cc([C@H]3CCOC(C)(C)C3)ccc2n1C1(/C(N)=N/O)CC1c1ccccc1)c1ccccc1. The summed E-state index contributed by atoms with van der Waals surface area (Å²) < 4.78 is 7.99. The van der Waals surface area contributed by atoms with Crippen molar-refractivity contribution in [3.05, 3.63) is 102 Å². The lowest BCUT2D eigenvalue weighted by Crippen LogP contribution is -2.39. The van der Waals surface area contributed by atoms with Gasteiger partial charge in [0.2, 0.25) is 0 Å². The van der Waals surface area contributed by atoms with Gasteiger partial charge >= 0.3 is 0 Å². The van der Waals surface area contributed by atoms with Crippen molar-refractivity contribution < 1.29 is 14.7 Å². The highest BCUT2D eigenvalue weighted by molar-refractivity contribution is 6.09. The largest absolute Gasteiger partial charge is 0.409 e. The molecule has 3 atom stereocenters. The van der Waals surface area contributed by atoms with E-state index >= 15 is 0 Å². The average molecular weight is 537 g/mol. The molecule has 4 aromatic rings. The minimum atomic E-state index is -0.859. The van der Waals surface area contributed by atoms with Gasteiger partial charge in [0.15, 0.2) is 5.84 Å². The van der Waals surface area contributed by atoms with Crippen LogP contribution in [0, 0.1) is 0 Å². The molecule has 206 valence electrons. The van der Waals surface area contributed by atoms with Gasteiger partial charge in [-0.3, -0.25) is 4.79 Å². The van der Waals surface area contributed by atoms with Gasteiger partial charge in [-0.05, 0) is 80.5 Å². The van der Waals surface area contributed by atoms with Gasteiger partial charge in [0.1, 0.15) is 11.2 Å². The Kier molecular flexibility index (Phi) is 6.42. The first-order valence-corrected chi connectivity index (χ1v) is 13.9. The van der Waals surface area contributed by atoms with Crippen LogP contribution in [0.1, 0.15) is 66.6 Å². The summed E-state index contributed by atoms with van der Waals surface area (Å²) >= 11 is 0. The Bertz CT molecular complexity index is 1580. The minimum absolute atomic E-state index is 0.0373. The molecule has 7 heteroatoms. The van der Waals surface area contributed by atoms with Crippen molar-refractivity contribution in [2.24, 2.45) is 10.9 Å². The second-order valence-electron chi connectivity index (χ2n) is 11.8. The van der Waals surface area contributed by atoms with Gasteiger partial charge in [-0.2, -0.15) is 0 Å². The molecule has 1 amide bonds. The van der Waals surface area contributed by atoms with E-state index in [1.54, 1.807) is 11.9 Å². The summed E-state index contributed by atoms with van der Waals surface area (Å²) in [5, 5.41) is 14.4. The fourth-order valence-corrected chi connectivity index (χ4v) is 6.59. The number of hydrogen-bond donors (Lipinski definition) is 2. The molecule has 0 bridgehead atoms. The van der Waals surface area contributed by atoms with E-state index in [0.29, 0.717) is 18.0 Å². The van der Waals surface area contributed by atoms with Crippen LogP contribution in [0.5, 0.6) is 0 Å². The monoisotopic (exact) mass is 536 g/mol. The fraction of sp³-hybridized carbons (Fsp3) is 0.333. The first-order chi connectivity index (χ1) is 19.2. The van der Waals surface area contributed by atoms with E-state index in [-0.39, 0.29) is 23.3 Å². The number of anilines is 1. The standard InChI is InChI=1S/C33H36N4O3/c1-32(2)20-24(16-17-40-32)23-14-15-28-25(18-23)19-29(30(38)36(3)26-12-8-5-9-13-26)37(28)33(31(34)35-39)21-27(33)22-10-6-4-7-11-22/h4-15,18-19,24,27,39H,16-17,20-21H2,1-3H3,(H2,34,35)/t24-,27?,33?/m0/s1. The Labute approximate surface area is 234 Å². The molecule has 1 saturated carbocycles. The highest BCUT2D eigenvalue weighted by Gasteiger charge is 2.61. The molecule has 1 saturated heterocycles. The number of amides is 1. The van der Waals surface area contributed by atoms with E-state index in [2.05, 4.69) is 49.3 Å². The van der Waals surface area contributed by atoms with Crippen LogP contribution in [0.25, 0.3) is 10.9 Å². The van der Waals surface area contributed by atoms with Crippen LogP contribution in [0.3, 0.4) is 0 Å². The Morgan fingerprint density at radius 1 is 1.00 bits per heavy atom. The zero-order valence-corrected chi connectivity index (χ0v) is 23.2. The molecule has 1 aliphatic carbocycles. The van der Waals surface area contributed by atoms with Gasteiger partial charge in [0.25, 0.3) is 5.91 Å². The summed E-state index contributed by atoms with van der Waals surface area (Å²) in [5.41, 5.74) is 10.00. The molecule has 1 aromatic heterocycles. The number of nitrogens with two attached hydrogens (primary N) is 1. The maximum atomic E-state index is 14.2. The van der Waals surface area contributed by atoms with Crippen LogP contribution in [-0.4, -0.2) is 40.8 Å². The molecule has 0 spiro atoms. The molecule has 2 heterocycles. The number of aromatic nitrogens is 1. The van der Waals surface area contributed by atoms with Crippen LogP contribution in [0.2, 0.25) is 0 Å². The molecule has 1 aliphatic heterocycles. The molecule has 7 nitrogen and oxygen atoms in total. The van der Waals surface area contributed by atoms with E-state index in [9.17, 15) is 10.0 Å². The van der Waals surface area contributed by atoms with E-state index in [1.165, 1.54) is 5.56 Å². The Morgan fingerprint density at radius 3 is 2.38 bits per heavy atom. The van der Waals surface area contributed by atoms with Crippen LogP contribution < -0.4 is 10.6 Å². The number of rotatable bonds is 6. The Hall–Kier alpha value is -4.10. The van der Waals surface area contributed by atoms with Crippen LogP contribution in [0.4, 0.5) is 5.69 Å². The van der Waals surface area contributed by atoms with Crippen molar-refractivity contribution >= 4 is 28.3 Å². The summed E-state index contributed by atoms with van der Waals surface area (Å²) in [6, 6.07) is 28.1. The van der Waals surface area contributed by atoms with E-state index in [4.69, 9.17) is 10.5 Å². The predicted octanol–water partition coefficient (Wildman–Crippen LogP) is 6.22. The topological polar surface area (TPSA) is 93.1 Å². The maximum Gasteiger partial charge on any atom is 0.274 e. The number of fused-ring (bicyclic) bond motifs is 1. The number of nitrogens with zero attached hydrogens (tertiary/aromatic N) is 3. The van der Waals surface area contributed by atoms with Crippen molar-refractivity contribution in [1.82, 2.24) is 4.57 Å². The van der Waals surface area contributed by atoms with E-state index in [1.807, 2.05) is 59.2 Å². The number of ether oxygens (including phenoxy) is 1. The lowest BCUT2D eigenvalue weighted by molar-refractivity contribution is -0.0592. The minimum Gasteiger partial charge on any atom is -0.409 e. The molecule has 2 fully saturated rings. The Morgan fingerprint density at radius 2 is 1.70 bits per heavy atom. The number of carbonyl (C=O) groups is 1. The van der Waals surface area contributed by atoms with Crippen LogP contribution in [0.15, 0.2) is 90.1 Å². The summed E-state index contributed by atoms with van der Waals surface area (Å²) in [7, 11) is 1.78. The number of hydrogen-bond acceptors (Lipinski definition) is 4. The number of carbonyl (C=O) groups excluding carboxylic acids is 1. The average Bonchev–Trinajstić information content (AvgIpc) is 3.61. The van der Waals surface area contributed by atoms with Crippen molar-refractivity contribution in [3.8, 4) is 0 Å². The van der Waals surface area contributed by atoms with Crippen LogP contribution >= 0.6 is 0 Å². The summed E-state index contributed by atoms with van der Waals surface area (Å²) in [4.78, 5) is 15.8. The van der Waals surface area contributed by atoms with Crippen molar-refractivity contribution in [3.63, 3.8) is 0 Å². The van der Waals surface area contributed by atoms with Gasteiger partial charge in [0.05, 0.1) is 5.60 Å². The van der Waals surface area contributed by atoms with Crippen molar-refractivity contribution in [2.45, 2.75) is 56.1 Å². The Balaban J connectivity index is 1.52. The van der Waals surface area contributed by atoms with Gasteiger partial charge in [0, 0.05) is 36.2 Å². The zero-order valence-electron chi connectivity index (χ0n) is 23.2. The first-order valence-electron chi connectivity index (χ1n) is 13.9. The number of oxime groups is 1. The third-order valence-electron chi connectivity index (χ3n) is 8.75. The van der Waals surface area contributed by atoms with Gasteiger partial charge in [-0.15, -0.1) is 0 Å². The molecule has 0 radical (unpaired) electrons. The van der Waals surface area contributed by atoms with Gasteiger partial charge in [-0.1, -0.05) is 59.8 Å². The highest BCUT2D eigenvalue weighted by Crippen LogP contribution is 2.59. The second-order valence-corrected chi connectivity index (χ2v) is 11.8. The molecule has 2 unspecified atom stereocenters. The molecule has 3 N–H and O–H groups in total. The maximum absolute atomic E-state index is 14.2. The second kappa shape index (κ2) is 9.82. The van der Waals surface area contributed by atoms with Gasteiger partial charge in [-0.25, -0.2) is 0 Å². The molecular weight excluding hydrogens is 500 g/mol. The van der Waals surface area contributed by atoms with E-state index < -0.39 is 5.54 Å².